The minimum atomic E-state index is -4.68. The van der Waals surface area contributed by atoms with Gasteiger partial charge in [-0.2, -0.15) is 18.3 Å². The molecule has 6 aromatic rings. The van der Waals surface area contributed by atoms with Crippen LogP contribution in [0.2, 0.25) is 0 Å². The van der Waals surface area contributed by atoms with E-state index in [-0.39, 0.29) is 23.4 Å². The average Bonchev–Trinajstić information content (AvgIpc) is 3.75. The molecule has 0 unspecified atom stereocenters. The van der Waals surface area contributed by atoms with Gasteiger partial charge >= 0.3 is 6.18 Å². The number of pyridine rings is 1. The molecule has 13 heteroatoms. The molecule has 9 nitrogen and oxygen atoms in total. The number of nitrogens with zero attached hydrogens (tertiary/aromatic N) is 6. The van der Waals surface area contributed by atoms with Crippen molar-refractivity contribution < 1.29 is 22.4 Å². The summed E-state index contributed by atoms with van der Waals surface area (Å²) in [5, 5.41) is 9.81. The van der Waals surface area contributed by atoms with E-state index in [1.807, 2.05) is 25.4 Å². The normalized spacial score (nSPS) is 11.3. The number of hydrogen-bond donors (Lipinski definition) is 2. The number of imidazole rings is 2. The predicted molar refractivity (Wildman–Crippen MR) is 160 cm³/mol. The largest absolute Gasteiger partial charge is 0.416 e. The van der Waals surface area contributed by atoms with E-state index in [1.165, 1.54) is 41.4 Å². The van der Waals surface area contributed by atoms with Gasteiger partial charge in [-0.3, -0.25) is 13.9 Å². The van der Waals surface area contributed by atoms with Gasteiger partial charge in [0.2, 0.25) is 0 Å². The van der Waals surface area contributed by atoms with Gasteiger partial charge in [-0.1, -0.05) is 12.0 Å². The fourth-order valence-corrected chi connectivity index (χ4v) is 4.79. The molecule has 0 aliphatic heterocycles. The number of halogens is 4. The van der Waals surface area contributed by atoms with Crippen molar-refractivity contribution >= 4 is 28.6 Å². The second kappa shape index (κ2) is 11.6. The van der Waals surface area contributed by atoms with Crippen molar-refractivity contribution in [1.82, 2.24) is 28.7 Å². The summed E-state index contributed by atoms with van der Waals surface area (Å²) in [5.74, 6) is 4.26. The van der Waals surface area contributed by atoms with Gasteiger partial charge in [0.1, 0.15) is 11.5 Å². The summed E-state index contributed by atoms with van der Waals surface area (Å²) >= 11 is 0. The maximum Gasteiger partial charge on any atom is 0.416 e. The number of hydrogen-bond acceptors (Lipinski definition) is 5. The molecule has 0 spiro atoms. The number of alkyl halides is 3. The fraction of sp³-hybridized carbons (Fsp3) is 0.125. The van der Waals surface area contributed by atoms with Crippen LogP contribution in [0.5, 0.6) is 0 Å². The molecule has 0 saturated heterocycles. The number of carbonyl (C=O) groups is 1. The third-order valence-electron chi connectivity index (χ3n) is 6.99. The van der Waals surface area contributed by atoms with Crippen LogP contribution in [0.1, 0.15) is 38.3 Å². The Bertz CT molecular complexity index is 2100. The third kappa shape index (κ3) is 6.25. The monoisotopic (exact) mass is 612 g/mol. The Kier molecular flexibility index (Phi) is 7.55. The van der Waals surface area contributed by atoms with Crippen LogP contribution in [0.4, 0.5) is 34.6 Å². The quantitative estimate of drug-likeness (QED) is 0.173. The number of fused-ring (bicyclic) bond motifs is 1. The highest BCUT2D eigenvalue weighted by Crippen LogP contribution is 2.34. The number of amides is 1. The molecule has 0 aliphatic rings. The van der Waals surface area contributed by atoms with Crippen molar-refractivity contribution in [1.29, 1.82) is 0 Å². The lowest BCUT2D eigenvalue weighted by atomic mass is 10.0. The molecule has 2 N–H and O–H groups in total. The molecule has 4 heterocycles. The zero-order valence-electron chi connectivity index (χ0n) is 23.9. The number of benzene rings is 2. The van der Waals surface area contributed by atoms with Gasteiger partial charge in [-0.15, -0.1) is 0 Å². The van der Waals surface area contributed by atoms with E-state index < -0.39 is 23.5 Å². The summed E-state index contributed by atoms with van der Waals surface area (Å²) < 4.78 is 61.5. The smallest absolute Gasteiger partial charge is 0.350 e. The van der Waals surface area contributed by atoms with E-state index in [2.05, 4.69) is 37.5 Å². The Morgan fingerprint density at radius 3 is 2.62 bits per heavy atom. The lowest BCUT2D eigenvalue weighted by molar-refractivity contribution is -0.138. The molecular weight excluding hydrogens is 588 g/mol. The van der Waals surface area contributed by atoms with Gasteiger partial charge < -0.3 is 15.2 Å². The van der Waals surface area contributed by atoms with Gasteiger partial charge in [-0.25, -0.2) is 14.4 Å². The highest BCUT2D eigenvalue weighted by Gasteiger charge is 2.34. The maximum absolute atomic E-state index is 15.0. The molecule has 6 rings (SSSR count). The van der Waals surface area contributed by atoms with Crippen LogP contribution < -0.4 is 10.6 Å². The molecule has 0 radical (unpaired) electrons. The van der Waals surface area contributed by atoms with E-state index in [9.17, 15) is 22.4 Å². The Morgan fingerprint density at radius 1 is 1.04 bits per heavy atom. The van der Waals surface area contributed by atoms with E-state index in [4.69, 9.17) is 0 Å². The molecule has 0 fully saturated rings. The number of aromatic nitrogens is 6. The molecule has 226 valence electrons. The lowest BCUT2D eigenvalue weighted by Crippen LogP contribution is -2.17. The van der Waals surface area contributed by atoms with Crippen molar-refractivity contribution in [3.05, 3.63) is 125 Å². The zero-order valence-corrected chi connectivity index (χ0v) is 23.9. The Labute approximate surface area is 254 Å². The molecule has 1 amide bonds. The van der Waals surface area contributed by atoms with E-state index >= 15 is 0 Å². The van der Waals surface area contributed by atoms with Crippen molar-refractivity contribution in [3.8, 4) is 11.8 Å². The van der Waals surface area contributed by atoms with Crippen LogP contribution in [-0.2, 0) is 19.8 Å². The molecular formula is C32H24F4N8O. The SMILES string of the molecule is Cc1cc(F)c(C(=O)Nc2ccc(Cn3ccnc3)c(C(F)(F)F)c2)cc1C#Cc1cnc2c(Nc3cnn(C)c3)cccn12. The number of aryl methyl sites for hydroxylation is 2. The standard InChI is InChI=1S/C32H24F4N8O/c1-20-12-28(33)26(31(45)41-23-7-5-22(17-43-11-9-37-19-43)27(14-23)32(34,35)36)13-21(20)6-8-25-16-38-30-29(4-3-10-44(25)30)40-24-15-39-42(2)18-24/h3-5,7,9-16,18-19,40H,17H2,1-2H3,(H,41,45). The topological polar surface area (TPSA) is 94.1 Å². The Morgan fingerprint density at radius 2 is 1.89 bits per heavy atom. The molecule has 0 bridgehead atoms. The minimum absolute atomic E-state index is 0.00931. The summed E-state index contributed by atoms with van der Waals surface area (Å²) in [6.45, 7) is 1.58. The predicted octanol–water partition coefficient (Wildman–Crippen LogP) is 6.17. The van der Waals surface area contributed by atoms with E-state index in [1.54, 1.807) is 40.8 Å². The van der Waals surface area contributed by atoms with Gasteiger partial charge in [0, 0.05) is 49.6 Å². The fourth-order valence-electron chi connectivity index (χ4n) is 4.79. The van der Waals surface area contributed by atoms with Gasteiger partial charge in [0.15, 0.2) is 5.65 Å². The van der Waals surface area contributed by atoms with Gasteiger partial charge in [0.05, 0.1) is 41.2 Å². The van der Waals surface area contributed by atoms with Crippen LogP contribution in [0.15, 0.2) is 86.0 Å². The first-order chi connectivity index (χ1) is 21.5. The first-order valence-electron chi connectivity index (χ1n) is 13.6. The molecule has 0 saturated carbocycles. The second-order valence-corrected chi connectivity index (χ2v) is 10.2. The first-order valence-corrected chi connectivity index (χ1v) is 13.6. The van der Waals surface area contributed by atoms with Gasteiger partial charge in [-0.05, 0) is 60.4 Å². The third-order valence-corrected chi connectivity index (χ3v) is 6.99. The number of carbonyl (C=O) groups excluding carboxylic acids is 1. The van der Waals surface area contributed by atoms with Crippen molar-refractivity contribution in [3.63, 3.8) is 0 Å². The van der Waals surface area contributed by atoms with Crippen molar-refractivity contribution in [2.75, 3.05) is 10.6 Å². The summed E-state index contributed by atoms with van der Waals surface area (Å²) in [7, 11) is 1.81. The average molecular weight is 613 g/mol. The van der Waals surface area contributed by atoms with E-state index in [0.717, 1.165) is 17.4 Å². The summed E-state index contributed by atoms with van der Waals surface area (Å²) in [4.78, 5) is 21.4. The highest BCUT2D eigenvalue weighted by molar-refractivity contribution is 6.04. The highest BCUT2D eigenvalue weighted by atomic mass is 19.4. The van der Waals surface area contributed by atoms with Crippen LogP contribution in [0.3, 0.4) is 0 Å². The summed E-state index contributed by atoms with van der Waals surface area (Å²) in [5.41, 5.74) is 2.12. The second-order valence-electron chi connectivity index (χ2n) is 10.2. The van der Waals surface area contributed by atoms with Gasteiger partial charge in [0.25, 0.3) is 5.91 Å². The number of nitrogens with one attached hydrogen (secondary N) is 2. The van der Waals surface area contributed by atoms with Crippen LogP contribution in [0.25, 0.3) is 5.65 Å². The van der Waals surface area contributed by atoms with E-state index in [0.29, 0.717) is 22.5 Å². The van der Waals surface area contributed by atoms with Crippen molar-refractivity contribution in [2.45, 2.75) is 19.6 Å². The lowest BCUT2D eigenvalue weighted by Gasteiger charge is -2.16. The molecule has 0 aliphatic carbocycles. The molecule has 4 aromatic heterocycles. The molecule has 45 heavy (non-hydrogen) atoms. The Balaban J connectivity index is 1.26. The maximum atomic E-state index is 15.0. The molecule has 0 atom stereocenters. The number of rotatable bonds is 6. The minimum Gasteiger partial charge on any atom is -0.350 e. The van der Waals surface area contributed by atoms with Crippen LogP contribution in [-0.4, -0.2) is 34.6 Å². The first kappa shape index (κ1) is 29.2. The number of anilines is 3. The van der Waals surface area contributed by atoms with Crippen LogP contribution in [0, 0.1) is 24.6 Å². The van der Waals surface area contributed by atoms with Crippen LogP contribution >= 0.6 is 0 Å². The zero-order chi connectivity index (χ0) is 31.7. The Hall–Kier alpha value is -5.90. The summed E-state index contributed by atoms with van der Waals surface area (Å²) in [6, 6.07) is 9.59. The van der Waals surface area contributed by atoms with Crippen molar-refractivity contribution in [2.24, 2.45) is 7.05 Å². The molecule has 2 aromatic carbocycles. The summed E-state index contributed by atoms with van der Waals surface area (Å²) in [6.07, 6.45) is 6.64.